The molecular weight excluding hydrogens is 270 g/mol. The third kappa shape index (κ3) is 11.3. The molecule has 2 unspecified atom stereocenters. The normalized spacial score (nSPS) is 14.8. The van der Waals surface area contributed by atoms with Gasteiger partial charge in [0.25, 0.3) is 0 Å². The second kappa shape index (κ2) is 9.03. The van der Waals surface area contributed by atoms with Crippen LogP contribution in [0, 0.1) is 11.8 Å². The van der Waals surface area contributed by atoms with E-state index in [1.807, 2.05) is 28.1 Å². The van der Waals surface area contributed by atoms with Gasteiger partial charge in [0.2, 0.25) is 0 Å². The van der Waals surface area contributed by atoms with Gasteiger partial charge in [-0.25, -0.2) is 0 Å². The smallest absolute Gasteiger partial charge is 0.309 e. The van der Waals surface area contributed by atoms with E-state index in [2.05, 4.69) is 13.8 Å². The Morgan fingerprint density at radius 3 is 2.10 bits per heavy atom. The van der Waals surface area contributed by atoms with Crippen molar-refractivity contribution in [2.24, 2.45) is 11.8 Å². The second-order valence-electron chi connectivity index (χ2n) is 7.36. The maximum atomic E-state index is 12.1. The predicted molar refractivity (Wildman–Crippen MR) is 82.9 cm³/mol. The third-order valence-corrected chi connectivity index (χ3v) is 3.26. The summed E-state index contributed by atoms with van der Waals surface area (Å²) in [4.78, 5) is 23.0. The maximum Gasteiger partial charge on any atom is 0.309 e. The van der Waals surface area contributed by atoms with Crippen LogP contribution in [-0.4, -0.2) is 55.3 Å². The lowest BCUT2D eigenvalue weighted by atomic mass is 10.00. The molecule has 0 bridgehead atoms. The van der Waals surface area contributed by atoms with Crippen molar-refractivity contribution in [3.8, 4) is 0 Å². The summed E-state index contributed by atoms with van der Waals surface area (Å²) in [5.41, 5.74) is 0. The van der Waals surface area contributed by atoms with Gasteiger partial charge >= 0.3 is 11.9 Å². The van der Waals surface area contributed by atoms with Crippen molar-refractivity contribution in [1.82, 2.24) is 0 Å². The molecule has 0 aliphatic rings. The molecule has 0 rings (SSSR count). The molecule has 0 aliphatic heterocycles. The van der Waals surface area contributed by atoms with E-state index in [-0.39, 0.29) is 18.3 Å². The molecule has 5 heteroatoms. The SMILES string of the molecule is CC(C)CCCC(C)C(=O)OC(CC(=O)O)C[N+](C)(C)C. The first-order valence-electron chi connectivity index (χ1n) is 7.74. The van der Waals surface area contributed by atoms with Gasteiger partial charge in [0, 0.05) is 0 Å². The summed E-state index contributed by atoms with van der Waals surface area (Å²) in [5, 5.41) is 8.94. The number of hydrogen-bond acceptors (Lipinski definition) is 3. The summed E-state index contributed by atoms with van der Waals surface area (Å²) in [6, 6.07) is 0. The Kier molecular flexibility index (Phi) is 8.55. The first kappa shape index (κ1) is 19.9. The van der Waals surface area contributed by atoms with Crippen LogP contribution >= 0.6 is 0 Å². The molecule has 0 fully saturated rings. The lowest BCUT2D eigenvalue weighted by Gasteiger charge is -2.29. The van der Waals surface area contributed by atoms with Crippen LogP contribution in [0.5, 0.6) is 0 Å². The Labute approximate surface area is 128 Å². The lowest BCUT2D eigenvalue weighted by Crippen LogP contribution is -2.44. The number of hydrogen-bond donors (Lipinski definition) is 1. The van der Waals surface area contributed by atoms with Crippen LogP contribution in [0.25, 0.3) is 0 Å². The van der Waals surface area contributed by atoms with E-state index in [0.717, 1.165) is 19.3 Å². The largest absolute Gasteiger partial charge is 0.481 e. The molecule has 2 atom stereocenters. The zero-order chi connectivity index (χ0) is 16.6. The number of nitrogens with zero attached hydrogens (tertiary/aromatic N) is 1. The number of carboxylic acid groups (broad SMARTS) is 1. The average Bonchev–Trinajstić information content (AvgIpc) is 2.24. The van der Waals surface area contributed by atoms with Crippen LogP contribution in [0.15, 0.2) is 0 Å². The Morgan fingerprint density at radius 2 is 1.67 bits per heavy atom. The highest BCUT2D eigenvalue weighted by atomic mass is 16.5. The summed E-state index contributed by atoms with van der Waals surface area (Å²) >= 11 is 0. The molecule has 0 saturated carbocycles. The van der Waals surface area contributed by atoms with Crippen molar-refractivity contribution in [3.05, 3.63) is 0 Å². The molecule has 0 spiro atoms. The van der Waals surface area contributed by atoms with Gasteiger partial charge in [-0.15, -0.1) is 0 Å². The first-order valence-corrected chi connectivity index (χ1v) is 7.74. The standard InChI is InChI=1S/C16H31NO4/c1-12(2)8-7-9-13(3)16(20)21-14(10-15(18)19)11-17(4,5)6/h12-14H,7-11H2,1-6H3/p+1. The van der Waals surface area contributed by atoms with Crippen LogP contribution in [0.3, 0.4) is 0 Å². The molecule has 5 nitrogen and oxygen atoms in total. The highest BCUT2D eigenvalue weighted by molar-refractivity contribution is 5.73. The molecule has 0 aromatic carbocycles. The van der Waals surface area contributed by atoms with Crippen molar-refractivity contribution < 1.29 is 23.9 Å². The summed E-state index contributed by atoms with van der Waals surface area (Å²) in [6.07, 6.45) is 2.17. The number of carbonyl (C=O) groups excluding carboxylic acids is 1. The summed E-state index contributed by atoms with van der Waals surface area (Å²) in [7, 11) is 5.86. The van der Waals surface area contributed by atoms with E-state index >= 15 is 0 Å². The highest BCUT2D eigenvalue weighted by Gasteiger charge is 2.26. The molecule has 0 amide bonds. The van der Waals surface area contributed by atoms with Gasteiger partial charge in [0.1, 0.15) is 6.54 Å². The minimum atomic E-state index is -0.936. The van der Waals surface area contributed by atoms with Gasteiger partial charge < -0.3 is 14.3 Å². The quantitative estimate of drug-likeness (QED) is 0.497. The molecule has 0 aliphatic carbocycles. The molecule has 21 heavy (non-hydrogen) atoms. The van der Waals surface area contributed by atoms with Gasteiger partial charge in [-0.1, -0.05) is 33.6 Å². The Balaban J connectivity index is 4.40. The Morgan fingerprint density at radius 1 is 1.10 bits per heavy atom. The fraction of sp³-hybridized carbons (Fsp3) is 0.875. The summed E-state index contributed by atoms with van der Waals surface area (Å²) in [5.74, 6) is -0.758. The summed E-state index contributed by atoms with van der Waals surface area (Å²) in [6.45, 7) is 6.67. The first-order chi connectivity index (χ1) is 9.51. The highest BCUT2D eigenvalue weighted by Crippen LogP contribution is 2.15. The Hall–Kier alpha value is -1.10. The van der Waals surface area contributed by atoms with Crippen molar-refractivity contribution >= 4 is 11.9 Å². The molecule has 0 aromatic heterocycles. The number of carbonyl (C=O) groups is 2. The molecule has 0 aromatic rings. The van der Waals surface area contributed by atoms with Gasteiger partial charge in [-0.05, 0) is 12.3 Å². The number of rotatable bonds is 10. The fourth-order valence-corrected chi connectivity index (χ4v) is 2.18. The number of esters is 1. The van der Waals surface area contributed by atoms with Crippen LogP contribution in [0.1, 0.15) is 46.5 Å². The number of quaternary nitrogens is 1. The van der Waals surface area contributed by atoms with Gasteiger partial charge in [-0.3, -0.25) is 9.59 Å². The van der Waals surface area contributed by atoms with Gasteiger partial charge in [0.05, 0.1) is 33.5 Å². The fourth-order valence-electron chi connectivity index (χ4n) is 2.18. The number of ether oxygens (including phenoxy) is 1. The molecule has 124 valence electrons. The minimum Gasteiger partial charge on any atom is -0.481 e. The van der Waals surface area contributed by atoms with E-state index in [1.54, 1.807) is 0 Å². The zero-order valence-electron chi connectivity index (χ0n) is 14.4. The lowest BCUT2D eigenvalue weighted by molar-refractivity contribution is -0.873. The molecular formula is C16H32NO4+. The van der Waals surface area contributed by atoms with Crippen molar-refractivity contribution in [2.45, 2.75) is 52.6 Å². The van der Waals surface area contributed by atoms with Gasteiger partial charge in [-0.2, -0.15) is 0 Å². The third-order valence-electron chi connectivity index (χ3n) is 3.26. The van der Waals surface area contributed by atoms with Gasteiger partial charge in [0.15, 0.2) is 6.10 Å². The van der Waals surface area contributed by atoms with Crippen LogP contribution in [0.4, 0.5) is 0 Å². The van der Waals surface area contributed by atoms with Crippen LogP contribution in [0.2, 0.25) is 0 Å². The second-order valence-corrected chi connectivity index (χ2v) is 7.36. The molecule has 0 heterocycles. The predicted octanol–water partition coefficient (Wildman–Crippen LogP) is 2.54. The van der Waals surface area contributed by atoms with Crippen molar-refractivity contribution in [3.63, 3.8) is 0 Å². The van der Waals surface area contributed by atoms with Crippen molar-refractivity contribution in [2.75, 3.05) is 27.7 Å². The van der Waals surface area contributed by atoms with E-state index < -0.39 is 12.1 Å². The number of carboxylic acids is 1. The average molecular weight is 302 g/mol. The molecule has 1 N–H and O–H groups in total. The van der Waals surface area contributed by atoms with E-state index in [4.69, 9.17) is 9.84 Å². The minimum absolute atomic E-state index is 0.139. The maximum absolute atomic E-state index is 12.1. The Bertz CT molecular complexity index is 334. The monoisotopic (exact) mass is 302 g/mol. The summed E-state index contributed by atoms with van der Waals surface area (Å²) < 4.78 is 5.98. The number of aliphatic carboxylic acids is 1. The van der Waals surface area contributed by atoms with E-state index in [1.165, 1.54) is 0 Å². The topological polar surface area (TPSA) is 63.6 Å². The van der Waals surface area contributed by atoms with E-state index in [0.29, 0.717) is 16.9 Å². The number of likely N-dealkylation sites (N-methyl/N-ethyl adjacent to an activating group) is 1. The molecule has 0 saturated heterocycles. The van der Waals surface area contributed by atoms with Crippen LogP contribution in [-0.2, 0) is 14.3 Å². The van der Waals surface area contributed by atoms with Crippen molar-refractivity contribution in [1.29, 1.82) is 0 Å². The molecule has 0 radical (unpaired) electrons. The van der Waals surface area contributed by atoms with Crippen LogP contribution < -0.4 is 0 Å². The zero-order valence-corrected chi connectivity index (χ0v) is 14.4. The van der Waals surface area contributed by atoms with E-state index in [9.17, 15) is 9.59 Å².